The Hall–Kier alpha value is -2.46. The van der Waals surface area contributed by atoms with Crippen LogP contribution in [0.25, 0.3) is 0 Å². The second kappa shape index (κ2) is 10.8. The first-order chi connectivity index (χ1) is 18.3. The minimum atomic E-state index is -1.03. The van der Waals surface area contributed by atoms with Crippen molar-refractivity contribution >= 4 is 23.9 Å². The normalized spacial score (nSPS) is 38.6. The summed E-state index contributed by atoms with van der Waals surface area (Å²) in [4.78, 5) is 49.3. The summed E-state index contributed by atoms with van der Waals surface area (Å²) in [6.07, 6.45) is 1.68. The Bertz CT molecular complexity index is 1030. The number of carbonyl (C=O) groups excluding carboxylic acids is 4. The third-order valence-corrected chi connectivity index (χ3v) is 10.0. The number of hydrogen-bond donors (Lipinski definition) is 1. The molecule has 218 valence electrons. The molecule has 0 amide bonds. The van der Waals surface area contributed by atoms with Crippen LogP contribution in [0.3, 0.4) is 0 Å². The predicted molar refractivity (Wildman–Crippen MR) is 137 cm³/mol. The molecular formula is C29H42O10. The number of hydrogen-bond acceptors (Lipinski definition) is 10. The number of aliphatic hydroxyl groups is 1. The van der Waals surface area contributed by atoms with E-state index in [0.29, 0.717) is 37.7 Å². The van der Waals surface area contributed by atoms with E-state index in [-0.39, 0.29) is 43.5 Å². The largest absolute Gasteiger partial charge is 0.465 e. The summed E-state index contributed by atoms with van der Waals surface area (Å²) in [6.45, 7) is 10.8. The van der Waals surface area contributed by atoms with Crippen molar-refractivity contribution in [3.05, 3.63) is 11.6 Å². The number of rotatable bonds is 9. The van der Waals surface area contributed by atoms with Crippen LogP contribution < -0.4 is 0 Å². The van der Waals surface area contributed by atoms with Crippen molar-refractivity contribution in [2.45, 2.75) is 97.6 Å². The molecule has 0 aromatic rings. The zero-order valence-electron chi connectivity index (χ0n) is 23.8. The molecule has 10 nitrogen and oxygen atoms in total. The van der Waals surface area contributed by atoms with Gasteiger partial charge in [-0.3, -0.25) is 14.4 Å². The van der Waals surface area contributed by atoms with Crippen LogP contribution in [0.1, 0.15) is 73.6 Å². The van der Waals surface area contributed by atoms with Crippen LogP contribution in [0.15, 0.2) is 11.6 Å². The van der Waals surface area contributed by atoms with Crippen LogP contribution in [0.4, 0.5) is 0 Å². The van der Waals surface area contributed by atoms with Gasteiger partial charge in [0.15, 0.2) is 0 Å². The Morgan fingerprint density at radius 1 is 1.21 bits per heavy atom. The lowest BCUT2D eigenvalue weighted by atomic mass is 9.42. The SMILES string of the molecule is CCC(C)C(=O)O[C@@H](C[C@@]1(C)[C@H](C)C[C@H](OC(C)=O)[C@]2(COC(C)=O)[C@@H]1CC[C@@H](O)[C@]21CO1)C1=CC(=O)OC1. The molecule has 9 atom stereocenters. The van der Waals surface area contributed by atoms with E-state index in [1.807, 2.05) is 6.92 Å². The van der Waals surface area contributed by atoms with Crippen molar-refractivity contribution in [2.24, 2.45) is 28.6 Å². The quantitative estimate of drug-likeness (QED) is 0.259. The van der Waals surface area contributed by atoms with Gasteiger partial charge in [0.25, 0.3) is 0 Å². The zero-order valence-corrected chi connectivity index (χ0v) is 23.8. The summed E-state index contributed by atoms with van der Waals surface area (Å²) >= 11 is 0. The highest BCUT2D eigenvalue weighted by Crippen LogP contribution is 2.69. The maximum Gasteiger partial charge on any atom is 0.331 e. The lowest BCUT2D eigenvalue weighted by Gasteiger charge is -2.64. The highest BCUT2D eigenvalue weighted by atomic mass is 16.6. The molecule has 2 aliphatic heterocycles. The van der Waals surface area contributed by atoms with Gasteiger partial charge in [0, 0.05) is 25.5 Å². The summed E-state index contributed by atoms with van der Waals surface area (Å²) in [7, 11) is 0. The monoisotopic (exact) mass is 550 g/mol. The van der Waals surface area contributed by atoms with Gasteiger partial charge >= 0.3 is 23.9 Å². The number of esters is 4. The molecule has 4 rings (SSSR count). The van der Waals surface area contributed by atoms with E-state index < -0.39 is 52.7 Å². The predicted octanol–water partition coefficient (Wildman–Crippen LogP) is 2.88. The van der Waals surface area contributed by atoms with E-state index in [9.17, 15) is 24.3 Å². The number of fused-ring (bicyclic) bond motifs is 2. The molecule has 3 fully saturated rings. The van der Waals surface area contributed by atoms with Gasteiger partial charge in [-0.25, -0.2) is 4.79 Å². The standard InChI is InChI=1S/C29H42O10/c1-7-16(2)26(34)39-21(20-11-25(33)35-13-20)12-27(6)17(3)10-24(38-19(5)31)28(14-36-18(4)30)22(27)8-9-23(32)29(28)15-37-29/h11,16-17,21-24,32H,7-10,12-15H2,1-6H3/t16?,17-,21+,22-,23-,24+,27+,28+,29-/m1/s1. The molecule has 0 bridgehead atoms. The molecular weight excluding hydrogens is 508 g/mol. The highest BCUT2D eigenvalue weighted by molar-refractivity contribution is 5.85. The summed E-state index contributed by atoms with van der Waals surface area (Å²) in [5.41, 5.74) is -1.97. The maximum absolute atomic E-state index is 13.0. The van der Waals surface area contributed by atoms with Crippen LogP contribution in [-0.2, 0) is 42.9 Å². The van der Waals surface area contributed by atoms with Crippen molar-refractivity contribution in [3.8, 4) is 0 Å². The molecule has 0 aromatic heterocycles. The van der Waals surface area contributed by atoms with Gasteiger partial charge in [0.2, 0.25) is 0 Å². The lowest BCUT2D eigenvalue weighted by molar-refractivity contribution is -0.248. The fourth-order valence-electron chi connectivity index (χ4n) is 7.40. The van der Waals surface area contributed by atoms with Gasteiger partial charge in [-0.1, -0.05) is 27.7 Å². The Balaban J connectivity index is 1.79. The summed E-state index contributed by atoms with van der Waals surface area (Å²) in [5.74, 6) is -2.32. The summed E-state index contributed by atoms with van der Waals surface area (Å²) < 4.78 is 28.8. The van der Waals surface area contributed by atoms with Crippen LogP contribution in [0.5, 0.6) is 0 Å². The van der Waals surface area contributed by atoms with E-state index in [1.165, 1.54) is 19.9 Å². The Labute approximate surface area is 229 Å². The minimum absolute atomic E-state index is 0.0215. The second-order valence-electron chi connectivity index (χ2n) is 12.2. The third-order valence-electron chi connectivity index (χ3n) is 10.0. The van der Waals surface area contributed by atoms with Crippen LogP contribution >= 0.6 is 0 Å². The summed E-state index contributed by atoms with van der Waals surface area (Å²) in [5, 5.41) is 11.2. The highest BCUT2D eigenvalue weighted by Gasteiger charge is 2.78. The van der Waals surface area contributed by atoms with Crippen LogP contribution in [0, 0.1) is 28.6 Å². The van der Waals surface area contributed by atoms with Gasteiger partial charge in [-0.15, -0.1) is 0 Å². The molecule has 0 radical (unpaired) electrons. The molecule has 0 aromatic carbocycles. The first-order valence-electron chi connectivity index (χ1n) is 14.0. The van der Waals surface area contributed by atoms with Crippen molar-refractivity contribution in [3.63, 3.8) is 0 Å². The average molecular weight is 551 g/mol. The van der Waals surface area contributed by atoms with Crippen molar-refractivity contribution < 1.29 is 48.0 Å². The van der Waals surface area contributed by atoms with E-state index in [0.717, 1.165) is 0 Å². The molecule has 2 aliphatic carbocycles. The summed E-state index contributed by atoms with van der Waals surface area (Å²) in [6, 6.07) is 0. The van der Waals surface area contributed by atoms with Crippen molar-refractivity contribution in [1.29, 1.82) is 0 Å². The fraction of sp³-hybridized carbons (Fsp3) is 0.793. The van der Waals surface area contributed by atoms with Crippen molar-refractivity contribution in [1.82, 2.24) is 0 Å². The second-order valence-corrected chi connectivity index (χ2v) is 12.2. The average Bonchev–Trinajstić information content (AvgIpc) is 3.56. The fourth-order valence-corrected chi connectivity index (χ4v) is 7.40. The maximum atomic E-state index is 13.0. The Kier molecular flexibility index (Phi) is 8.21. The molecule has 2 saturated carbocycles. The van der Waals surface area contributed by atoms with Crippen molar-refractivity contribution in [2.75, 3.05) is 19.8 Å². The first kappa shape index (κ1) is 29.5. The van der Waals surface area contributed by atoms with E-state index >= 15 is 0 Å². The molecule has 10 heteroatoms. The van der Waals surface area contributed by atoms with Gasteiger partial charge in [0.05, 0.1) is 24.0 Å². The number of carbonyl (C=O) groups is 4. The van der Waals surface area contributed by atoms with Crippen LogP contribution in [0.2, 0.25) is 0 Å². The molecule has 4 aliphatic rings. The van der Waals surface area contributed by atoms with E-state index in [1.54, 1.807) is 6.92 Å². The van der Waals surface area contributed by atoms with Gasteiger partial charge < -0.3 is 28.8 Å². The minimum Gasteiger partial charge on any atom is -0.465 e. The smallest absolute Gasteiger partial charge is 0.331 e. The molecule has 39 heavy (non-hydrogen) atoms. The number of epoxide rings is 1. The number of cyclic esters (lactones) is 1. The van der Waals surface area contributed by atoms with E-state index in [2.05, 4.69) is 13.8 Å². The molecule has 1 unspecified atom stereocenters. The van der Waals surface area contributed by atoms with Crippen LogP contribution in [-0.4, -0.2) is 72.7 Å². The van der Waals surface area contributed by atoms with E-state index in [4.69, 9.17) is 23.7 Å². The number of ether oxygens (including phenoxy) is 5. The first-order valence-corrected chi connectivity index (χ1v) is 14.0. The van der Waals surface area contributed by atoms with Gasteiger partial charge in [0.1, 0.15) is 31.0 Å². The molecule has 1 N–H and O–H groups in total. The Morgan fingerprint density at radius 2 is 1.90 bits per heavy atom. The topological polar surface area (TPSA) is 138 Å². The molecule has 1 saturated heterocycles. The molecule has 1 spiro atoms. The zero-order chi connectivity index (χ0) is 28.8. The third kappa shape index (κ3) is 5.10. The number of aliphatic hydroxyl groups excluding tert-OH is 1. The Morgan fingerprint density at radius 3 is 2.44 bits per heavy atom. The van der Waals surface area contributed by atoms with Gasteiger partial charge in [-0.05, 0) is 49.4 Å². The lowest BCUT2D eigenvalue weighted by Crippen LogP contribution is -2.70. The van der Waals surface area contributed by atoms with Gasteiger partial charge in [-0.2, -0.15) is 0 Å². The molecule has 2 heterocycles.